The molecule has 1 N–H and O–H groups in total. The van der Waals surface area contributed by atoms with Crippen molar-refractivity contribution in [3.05, 3.63) is 39.9 Å². The Labute approximate surface area is 80.6 Å². The first-order chi connectivity index (χ1) is 6.61. The molecule has 1 heterocycles. The van der Waals surface area contributed by atoms with E-state index in [1.165, 1.54) is 6.07 Å². The number of hydrogen-bond donors (Lipinski definition) is 1. The molecule has 0 aliphatic carbocycles. The Kier molecular flexibility index (Phi) is 1.81. The molecule has 0 aliphatic heterocycles. The molecular formula is C11H10O3. The molecule has 0 bridgehead atoms. The molecule has 0 spiro atoms. The zero-order chi connectivity index (χ0) is 10.3. The molecule has 14 heavy (non-hydrogen) atoms. The monoisotopic (exact) mass is 190 g/mol. The Hall–Kier alpha value is -1.77. The average Bonchev–Trinajstić information content (AvgIpc) is 2.14. The fourth-order valence-electron chi connectivity index (χ4n) is 1.52. The minimum absolute atomic E-state index is 0.0284. The summed E-state index contributed by atoms with van der Waals surface area (Å²) < 4.78 is 4.99. The van der Waals surface area contributed by atoms with Gasteiger partial charge in [-0.05, 0) is 30.9 Å². The van der Waals surface area contributed by atoms with Crippen LogP contribution in [0.15, 0.2) is 27.4 Å². The van der Waals surface area contributed by atoms with Crippen LogP contribution in [0.4, 0.5) is 0 Å². The van der Waals surface area contributed by atoms with Crippen molar-refractivity contribution in [2.24, 2.45) is 0 Å². The number of aromatic hydroxyl groups is 1. The fraction of sp³-hybridized carbons (Fsp3) is 0.182. The smallest absolute Gasteiger partial charge is 0.347 e. The van der Waals surface area contributed by atoms with E-state index in [1.807, 2.05) is 6.92 Å². The predicted octanol–water partition coefficient (Wildman–Crippen LogP) is 2.12. The van der Waals surface area contributed by atoms with Crippen LogP contribution in [0.2, 0.25) is 0 Å². The molecule has 3 heteroatoms. The summed E-state index contributed by atoms with van der Waals surface area (Å²) in [6.45, 7) is 3.60. The first-order valence-electron chi connectivity index (χ1n) is 4.33. The van der Waals surface area contributed by atoms with Gasteiger partial charge in [-0.3, -0.25) is 0 Å². The summed E-state index contributed by atoms with van der Waals surface area (Å²) in [5, 5.41) is 10.5. The van der Waals surface area contributed by atoms with E-state index in [2.05, 4.69) is 0 Å². The summed E-state index contributed by atoms with van der Waals surface area (Å²) in [5.41, 5.74) is 0.400. The number of hydrogen-bond acceptors (Lipinski definition) is 3. The van der Waals surface area contributed by atoms with Crippen LogP contribution in [0.1, 0.15) is 11.3 Å². The van der Waals surface area contributed by atoms with E-state index >= 15 is 0 Å². The molecule has 1 aromatic carbocycles. The highest BCUT2D eigenvalue weighted by molar-refractivity contribution is 5.89. The van der Waals surface area contributed by atoms with Crippen molar-refractivity contribution in [2.75, 3.05) is 0 Å². The minimum atomic E-state index is -0.485. The highest BCUT2D eigenvalue weighted by Gasteiger charge is 2.09. The molecule has 0 amide bonds. The summed E-state index contributed by atoms with van der Waals surface area (Å²) in [5.74, 6) is 0.562. The first kappa shape index (κ1) is 8.81. The van der Waals surface area contributed by atoms with Crippen molar-refractivity contribution in [2.45, 2.75) is 13.8 Å². The van der Waals surface area contributed by atoms with Crippen molar-refractivity contribution < 1.29 is 9.52 Å². The van der Waals surface area contributed by atoms with E-state index in [9.17, 15) is 9.90 Å². The van der Waals surface area contributed by atoms with Crippen LogP contribution in [0.25, 0.3) is 10.8 Å². The Balaban J connectivity index is 3.10. The third-order valence-electron chi connectivity index (χ3n) is 2.42. The molecule has 2 rings (SSSR count). The maximum absolute atomic E-state index is 11.4. The quantitative estimate of drug-likeness (QED) is 0.692. The topological polar surface area (TPSA) is 50.4 Å². The SMILES string of the molecule is Cc1oc(=O)c2c(O)cccc2c1C. The van der Waals surface area contributed by atoms with Crippen molar-refractivity contribution in [3.63, 3.8) is 0 Å². The van der Waals surface area contributed by atoms with E-state index in [1.54, 1.807) is 19.1 Å². The summed E-state index contributed by atoms with van der Waals surface area (Å²) >= 11 is 0. The van der Waals surface area contributed by atoms with Crippen LogP contribution in [-0.4, -0.2) is 5.11 Å². The lowest BCUT2D eigenvalue weighted by Crippen LogP contribution is -2.02. The predicted molar refractivity (Wildman–Crippen MR) is 53.6 cm³/mol. The van der Waals surface area contributed by atoms with Gasteiger partial charge in [0.2, 0.25) is 0 Å². The molecule has 0 aliphatic rings. The van der Waals surface area contributed by atoms with Gasteiger partial charge in [0.1, 0.15) is 16.9 Å². The number of phenols is 1. The molecule has 1 aromatic heterocycles. The molecule has 3 nitrogen and oxygen atoms in total. The van der Waals surface area contributed by atoms with Gasteiger partial charge in [-0.2, -0.15) is 0 Å². The molecule has 72 valence electrons. The Morgan fingerprint density at radius 1 is 1.29 bits per heavy atom. The van der Waals surface area contributed by atoms with E-state index in [4.69, 9.17) is 4.42 Å². The maximum atomic E-state index is 11.4. The molecular weight excluding hydrogens is 180 g/mol. The minimum Gasteiger partial charge on any atom is -0.507 e. The van der Waals surface area contributed by atoms with Gasteiger partial charge in [0.25, 0.3) is 0 Å². The molecule has 2 aromatic rings. The zero-order valence-electron chi connectivity index (χ0n) is 8.00. The molecule has 0 atom stereocenters. The second-order valence-corrected chi connectivity index (χ2v) is 3.27. The Bertz CT molecular complexity index is 552. The summed E-state index contributed by atoms with van der Waals surface area (Å²) in [4.78, 5) is 11.4. The van der Waals surface area contributed by atoms with Crippen molar-refractivity contribution in [1.29, 1.82) is 0 Å². The second-order valence-electron chi connectivity index (χ2n) is 3.27. The average molecular weight is 190 g/mol. The van der Waals surface area contributed by atoms with Gasteiger partial charge in [0, 0.05) is 0 Å². The van der Waals surface area contributed by atoms with Gasteiger partial charge < -0.3 is 9.52 Å². The van der Waals surface area contributed by atoms with E-state index in [-0.39, 0.29) is 11.1 Å². The second kappa shape index (κ2) is 2.87. The van der Waals surface area contributed by atoms with E-state index in [0.717, 1.165) is 10.9 Å². The van der Waals surface area contributed by atoms with Gasteiger partial charge in [0.15, 0.2) is 0 Å². The fourth-order valence-corrected chi connectivity index (χ4v) is 1.52. The lowest BCUT2D eigenvalue weighted by atomic mass is 10.1. The van der Waals surface area contributed by atoms with Gasteiger partial charge >= 0.3 is 5.63 Å². The Morgan fingerprint density at radius 3 is 2.71 bits per heavy atom. The van der Waals surface area contributed by atoms with Crippen LogP contribution in [0.5, 0.6) is 5.75 Å². The third-order valence-corrected chi connectivity index (χ3v) is 2.42. The van der Waals surface area contributed by atoms with Gasteiger partial charge in [-0.25, -0.2) is 4.79 Å². The third kappa shape index (κ3) is 1.09. The molecule has 0 saturated heterocycles. The molecule has 0 saturated carbocycles. The van der Waals surface area contributed by atoms with Gasteiger partial charge in [0.05, 0.1) is 0 Å². The normalized spacial score (nSPS) is 10.7. The molecule has 0 radical (unpaired) electrons. The Morgan fingerprint density at radius 2 is 2.00 bits per heavy atom. The van der Waals surface area contributed by atoms with Crippen LogP contribution >= 0.6 is 0 Å². The summed E-state index contributed by atoms with van der Waals surface area (Å²) in [6.07, 6.45) is 0. The van der Waals surface area contributed by atoms with Crippen molar-refractivity contribution >= 4 is 10.8 Å². The van der Waals surface area contributed by atoms with E-state index < -0.39 is 5.63 Å². The summed E-state index contributed by atoms with van der Waals surface area (Å²) in [7, 11) is 0. The standard InChI is InChI=1S/C11H10O3/c1-6-7(2)14-11(13)10-8(6)4-3-5-9(10)12/h3-5,12H,1-2H3. The number of aryl methyl sites for hydroxylation is 2. The number of phenolic OH excluding ortho intramolecular Hbond substituents is 1. The highest BCUT2D eigenvalue weighted by Crippen LogP contribution is 2.24. The lowest BCUT2D eigenvalue weighted by molar-refractivity contribution is 0.464. The summed E-state index contributed by atoms with van der Waals surface area (Å²) in [6, 6.07) is 4.99. The largest absolute Gasteiger partial charge is 0.507 e. The van der Waals surface area contributed by atoms with Gasteiger partial charge in [-0.15, -0.1) is 0 Å². The molecule has 0 unspecified atom stereocenters. The van der Waals surface area contributed by atoms with Crippen LogP contribution in [0, 0.1) is 13.8 Å². The van der Waals surface area contributed by atoms with E-state index in [0.29, 0.717) is 5.76 Å². The zero-order valence-corrected chi connectivity index (χ0v) is 8.00. The van der Waals surface area contributed by atoms with Crippen molar-refractivity contribution in [1.82, 2.24) is 0 Å². The molecule has 0 fully saturated rings. The first-order valence-corrected chi connectivity index (χ1v) is 4.33. The highest BCUT2D eigenvalue weighted by atomic mass is 16.4. The number of benzene rings is 1. The lowest BCUT2D eigenvalue weighted by Gasteiger charge is -2.04. The number of fused-ring (bicyclic) bond motifs is 1. The van der Waals surface area contributed by atoms with Crippen LogP contribution in [-0.2, 0) is 0 Å². The maximum Gasteiger partial charge on any atom is 0.347 e. The van der Waals surface area contributed by atoms with Crippen LogP contribution < -0.4 is 5.63 Å². The van der Waals surface area contributed by atoms with Crippen LogP contribution in [0.3, 0.4) is 0 Å². The van der Waals surface area contributed by atoms with Gasteiger partial charge in [-0.1, -0.05) is 12.1 Å². The van der Waals surface area contributed by atoms with Crippen molar-refractivity contribution in [3.8, 4) is 5.75 Å². The number of rotatable bonds is 0.